The molecule has 124 valence electrons. The quantitative estimate of drug-likeness (QED) is 0.646. The standard InChI is InChI=1S/C18H23NO4/c1-12(2)10-15(18(21)22-3)19-17(20)7-5-13-4-6-16-14(11-13)8-9-23-16/h4-7,11-12,15H,8-10H2,1-3H3,(H,19,20)/b7-5+. The van der Waals surface area contributed by atoms with Gasteiger partial charge in [0.05, 0.1) is 13.7 Å². The van der Waals surface area contributed by atoms with E-state index in [1.54, 1.807) is 6.08 Å². The first-order chi connectivity index (χ1) is 11.0. The van der Waals surface area contributed by atoms with E-state index in [1.807, 2.05) is 32.0 Å². The van der Waals surface area contributed by atoms with E-state index in [2.05, 4.69) is 5.32 Å². The highest BCUT2D eigenvalue weighted by Crippen LogP contribution is 2.26. The fraction of sp³-hybridized carbons (Fsp3) is 0.444. The topological polar surface area (TPSA) is 64.6 Å². The molecule has 5 heteroatoms. The number of carbonyl (C=O) groups excluding carboxylic acids is 2. The molecular formula is C18H23NO4. The van der Waals surface area contributed by atoms with E-state index in [1.165, 1.54) is 13.2 Å². The van der Waals surface area contributed by atoms with Crippen molar-refractivity contribution in [3.8, 4) is 5.75 Å². The van der Waals surface area contributed by atoms with Crippen molar-refractivity contribution in [3.63, 3.8) is 0 Å². The van der Waals surface area contributed by atoms with Crippen molar-refractivity contribution < 1.29 is 19.1 Å². The Morgan fingerprint density at radius 3 is 2.87 bits per heavy atom. The van der Waals surface area contributed by atoms with Gasteiger partial charge in [-0.2, -0.15) is 0 Å². The molecule has 1 aliphatic heterocycles. The van der Waals surface area contributed by atoms with Gasteiger partial charge in [-0.1, -0.05) is 19.9 Å². The summed E-state index contributed by atoms with van der Waals surface area (Å²) in [5.41, 5.74) is 2.09. The van der Waals surface area contributed by atoms with Gasteiger partial charge in [-0.05, 0) is 41.7 Å². The zero-order valence-corrected chi connectivity index (χ0v) is 13.8. The molecule has 23 heavy (non-hydrogen) atoms. The first-order valence-electron chi connectivity index (χ1n) is 7.81. The first-order valence-corrected chi connectivity index (χ1v) is 7.81. The molecule has 1 aromatic rings. The fourth-order valence-electron chi connectivity index (χ4n) is 2.53. The van der Waals surface area contributed by atoms with Gasteiger partial charge in [-0.25, -0.2) is 4.79 Å². The summed E-state index contributed by atoms with van der Waals surface area (Å²) in [6.45, 7) is 4.69. The van der Waals surface area contributed by atoms with Gasteiger partial charge in [-0.3, -0.25) is 4.79 Å². The van der Waals surface area contributed by atoms with Crippen LogP contribution in [-0.4, -0.2) is 31.6 Å². The Morgan fingerprint density at radius 2 is 2.17 bits per heavy atom. The van der Waals surface area contributed by atoms with Crippen LogP contribution in [0.1, 0.15) is 31.4 Å². The lowest BCUT2D eigenvalue weighted by molar-refractivity contribution is -0.145. The Morgan fingerprint density at radius 1 is 1.39 bits per heavy atom. The molecule has 1 atom stereocenters. The second kappa shape index (κ2) is 7.81. The van der Waals surface area contributed by atoms with Crippen LogP contribution < -0.4 is 10.1 Å². The smallest absolute Gasteiger partial charge is 0.328 e. The van der Waals surface area contributed by atoms with Crippen LogP contribution in [0.25, 0.3) is 6.08 Å². The van der Waals surface area contributed by atoms with E-state index in [0.29, 0.717) is 13.0 Å². The molecule has 0 bridgehead atoms. The summed E-state index contributed by atoms with van der Waals surface area (Å²) in [6, 6.07) is 5.21. The normalized spacial score (nSPS) is 14.4. The number of fused-ring (bicyclic) bond motifs is 1. The van der Waals surface area contributed by atoms with Gasteiger partial charge in [0, 0.05) is 12.5 Å². The molecule has 1 aliphatic rings. The summed E-state index contributed by atoms with van der Waals surface area (Å²) in [5, 5.41) is 2.70. The van der Waals surface area contributed by atoms with Crippen molar-refractivity contribution in [1.82, 2.24) is 5.32 Å². The van der Waals surface area contributed by atoms with E-state index in [9.17, 15) is 9.59 Å². The highest BCUT2D eigenvalue weighted by molar-refractivity contribution is 5.94. The molecule has 2 rings (SSSR count). The number of methoxy groups -OCH3 is 1. The highest BCUT2D eigenvalue weighted by atomic mass is 16.5. The fourth-order valence-corrected chi connectivity index (χ4v) is 2.53. The largest absolute Gasteiger partial charge is 0.493 e. The summed E-state index contributed by atoms with van der Waals surface area (Å²) in [6.07, 6.45) is 4.61. The first kappa shape index (κ1) is 17.1. The number of hydrogen-bond acceptors (Lipinski definition) is 4. The minimum absolute atomic E-state index is 0.278. The van der Waals surface area contributed by atoms with Crippen molar-refractivity contribution in [3.05, 3.63) is 35.4 Å². The number of esters is 1. The van der Waals surface area contributed by atoms with Gasteiger partial charge in [0.2, 0.25) is 5.91 Å². The van der Waals surface area contributed by atoms with Crippen molar-refractivity contribution in [2.24, 2.45) is 5.92 Å². The third kappa shape index (κ3) is 4.84. The van der Waals surface area contributed by atoms with E-state index in [-0.39, 0.29) is 11.8 Å². The lowest BCUT2D eigenvalue weighted by Crippen LogP contribution is -2.41. The maximum absolute atomic E-state index is 12.0. The number of amides is 1. The number of carbonyl (C=O) groups is 2. The molecule has 0 aromatic heterocycles. The van der Waals surface area contributed by atoms with Gasteiger partial charge in [0.25, 0.3) is 0 Å². The van der Waals surface area contributed by atoms with Crippen LogP contribution in [-0.2, 0) is 20.7 Å². The maximum Gasteiger partial charge on any atom is 0.328 e. The highest BCUT2D eigenvalue weighted by Gasteiger charge is 2.21. The van der Waals surface area contributed by atoms with Gasteiger partial charge < -0.3 is 14.8 Å². The lowest BCUT2D eigenvalue weighted by Gasteiger charge is -2.17. The average Bonchev–Trinajstić information content (AvgIpc) is 2.98. The van der Waals surface area contributed by atoms with Crippen molar-refractivity contribution in [1.29, 1.82) is 0 Å². The minimum atomic E-state index is -0.620. The molecule has 0 saturated carbocycles. The van der Waals surface area contributed by atoms with Gasteiger partial charge in [0.15, 0.2) is 0 Å². The molecular weight excluding hydrogens is 294 g/mol. The number of hydrogen-bond donors (Lipinski definition) is 1. The zero-order chi connectivity index (χ0) is 16.8. The Bertz CT molecular complexity index is 607. The molecule has 1 aromatic carbocycles. The van der Waals surface area contributed by atoms with E-state index in [4.69, 9.17) is 9.47 Å². The predicted molar refractivity (Wildman–Crippen MR) is 88.1 cm³/mol. The summed E-state index contributed by atoms with van der Waals surface area (Å²) in [5.74, 6) is 0.460. The van der Waals surface area contributed by atoms with Crippen LogP contribution in [0.2, 0.25) is 0 Å². The molecule has 0 radical (unpaired) electrons. The second-order valence-corrected chi connectivity index (χ2v) is 6.01. The molecule has 0 fully saturated rings. The van der Waals surface area contributed by atoms with Crippen molar-refractivity contribution >= 4 is 18.0 Å². The van der Waals surface area contributed by atoms with Gasteiger partial charge in [-0.15, -0.1) is 0 Å². The third-order valence-corrected chi connectivity index (χ3v) is 3.65. The monoisotopic (exact) mass is 317 g/mol. The molecule has 0 aliphatic carbocycles. The maximum atomic E-state index is 12.0. The van der Waals surface area contributed by atoms with Crippen LogP contribution >= 0.6 is 0 Å². The molecule has 0 spiro atoms. The Balaban J connectivity index is 1.98. The second-order valence-electron chi connectivity index (χ2n) is 6.01. The van der Waals surface area contributed by atoms with Crippen LogP contribution in [0.15, 0.2) is 24.3 Å². The van der Waals surface area contributed by atoms with Crippen LogP contribution in [0.5, 0.6) is 5.75 Å². The Hall–Kier alpha value is -2.30. The Labute approximate surface area is 136 Å². The zero-order valence-electron chi connectivity index (χ0n) is 13.8. The summed E-state index contributed by atoms with van der Waals surface area (Å²) < 4.78 is 10.2. The number of ether oxygens (including phenoxy) is 2. The minimum Gasteiger partial charge on any atom is -0.493 e. The SMILES string of the molecule is COC(=O)C(CC(C)C)NC(=O)/C=C/c1ccc2c(c1)CCO2. The average molecular weight is 317 g/mol. The summed E-state index contributed by atoms with van der Waals surface area (Å²) >= 11 is 0. The van der Waals surface area contributed by atoms with Crippen molar-refractivity contribution in [2.45, 2.75) is 32.7 Å². The lowest BCUT2D eigenvalue weighted by atomic mass is 10.0. The molecule has 1 amide bonds. The number of nitrogens with one attached hydrogen (secondary N) is 1. The van der Waals surface area contributed by atoms with E-state index < -0.39 is 12.0 Å². The molecule has 1 unspecified atom stereocenters. The summed E-state index contributed by atoms with van der Waals surface area (Å²) in [4.78, 5) is 23.7. The molecule has 5 nitrogen and oxygen atoms in total. The molecule has 0 saturated heterocycles. The van der Waals surface area contributed by atoms with Gasteiger partial charge >= 0.3 is 5.97 Å². The molecule has 1 heterocycles. The van der Waals surface area contributed by atoms with Crippen LogP contribution in [0, 0.1) is 5.92 Å². The van der Waals surface area contributed by atoms with Crippen LogP contribution in [0.3, 0.4) is 0 Å². The Kier molecular flexibility index (Phi) is 5.79. The molecule has 1 N–H and O–H groups in total. The van der Waals surface area contributed by atoms with Gasteiger partial charge in [0.1, 0.15) is 11.8 Å². The van der Waals surface area contributed by atoms with Crippen LogP contribution in [0.4, 0.5) is 0 Å². The number of rotatable bonds is 6. The summed E-state index contributed by atoms with van der Waals surface area (Å²) in [7, 11) is 1.32. The predicted octanol–water partition coefficient (Wildman–Crippen LogP) is 2.34. The van der Waals surface area contributed by atoms with E-state index >= 15 is 0 Å². The van der Waals surface area contributed by atoms with E-state index in [0.717, 1.165) is 23.3 Å². The number of benzene rings is 1. The van der Waals surface area contributed by atoms with Crippen molar-refractivity contribution in [2.75, 3.05) is 13.7 Å². The third-order valence-electron chi connectivity index (χ3n) is 3.65.